The first-order valence-corrected chi connectivity index (χ1v) is 9.62. The van der Waals surface area contributed by atoms with Crippen molar-refractivity contribution in [3.8, 4) is 23.0 Å². The SMILES string of the molecule is COc1cc(CCOP(=O)([O-])OCCc2ccc(O)c(OC)c2)ccc1O.[Na+]. The van der Waals surface area contributed by atoms with Gasteiger partial charge in [-0.05, 0) is 48.2 Å². The third-order valence-electron chi connectivity index (χ3n) is 3.77. The summed E-state index contributed by atoms with van der Waals surface area (Å²) in [6.45, 7) is -0.191. The van der Waals surface area contributed by atoms with Crippen molar-refractivity contribution in [2.45, 2.75) is 12.8 Å². The number of rotatable bonds is 10. The van der Waals surface area contributed by atoms with Crippen LogP contribution in [0.3, 0.4) is 0 Å². The van der Waals surface area contributed by atoms with Crippen LogP contribution in [0.15, 0.2) is 36.4 Å². The number of hydrogen-bond donors (Lipinski definition) is 2. The first-order chi connectivity index (χ1) is 12.8. The van der Waals surface area contributed by atoms with E-state index in [1.165, 1.54) is 26.4 Å². The summed E-state index contributed by atoms with van der Waals surface area (Å²) < 4.78 is 31.5. The molecule has 0 radical (unpaired) electrons. The van der Waals surface area contributed by atoms with Crippen LogP contribution in [0.1, 0.15) is 11.1 Å². The first kappa shape index (κ1) is 24.8. The Balaban J connectivity index is 0.00000392. The molecule has 0 aliphatic rings. The second-order valence-electron chi connectivity index (χ2n) is 5.63. The molecule has 2 aromatic carbocycles. The van der Waals surface area contributed by atoms with Crippen molar-refractivity contribution in [1.82, 2.24) is 0 Å². The largest absolute Gasteiger partial charge is 1.00 e. The van der Waals surface area contributed by atoms with Crippen molar-refractivity contribution >= 4 is 7.82 Å². The molecule has 2 rings (SSSR count). The number of ether oxygens (including phenoxy) is 2. The molecular formula is C18H22NaO8P. The Hall–Kier alpha value is -1.25. The molecule has 0 fully saturated rings. The molecule has 0 saturated carbocycles. The fourth-order valence-corrected chi connectivity index (χ4v) is 3.05. The van der Waals surface area contributed by atoms with Gasteiger partial charge >= 0.3 is 29.6 Å². The maximum atomic E-state index is 11.8. The van der Waals surface area contributed by atoms with Gasteiger partial charge in [-0.1, -0.05) is 12.1 Å². The van der Waals surface area contributed by atoms with Gasteiger partial charge in [-0.15, -0.1) is 0 Å². The fraction of sp³-hybridized carbons (Fsp3) is 0.333. The van der Waals surface area contributed by atoms with Gasteiger partial charge in [-0.2, -0.15) is 0 Å². The van der Waals surface area contributed by atoms with E-state index in [2.05, 4.69) is 0 Å². The van der Waals surface area contributed by atoms with E-state index in [0.717, 1.165) is 11.1 Å². The third kappa shape index (κ3) is 7.64. The summed E-state index contributed by atoms with van der Waals surface area (Å²) in [6, 6.07) is 9.44. The molecule has 10 heteroatoms. The number of phenols is 2. The minimum Gasteiger partial charge on any atom is -0.756 e. The summed E-state index contributed by atoms with van der Waals surface area (Å²) in [5.41, 5.74) is 1.50. The van der Waals surface area contributed by atoms with Gasteiger partial charge < -0.3 is 33.6 Å². The number of aromatic hydroxyl groups is 2. The van der Waals surface area contributed by atoms with Crippen LogP contribution in [-0.4, -0.2) is 37.6 Å². The second kappa shape index (κ2) is 11.7. The summed E-state index contributed by atoms with van der Waals surface area (Å²) in [6.07, 6.45) is 0.614. The molecule has 0 aliphatic carbocycles. The average Bonchev–Trinajstić information content (AvgIpc) is 2.64. The van der Waals surface area contributed by atoms with Crippen LogP contribution >= 0.6 is 7.82 Å². The van der Waals surface area contributed by atoms with Crippen LogP contribution in [0.4, 0.5) is 0 Å². The fourth-order valence-electron chi connectivity index (χ4n) is 2.34. The Morgan fingerprint density at radius 3 is 1.61 bits per heavy atom. The zero-order valence-corrected chi connectivity index (χ0v) is 19.0. The van der Waals surface area contributed by atoms with E-state index in [1.54, 1.807) is 24.3 Å². The van der Waals surface area contributed by atoms with Crippen LogP contribution in [0, 0.1) is 0 Å². The van der Waals surface area contributed by atoms with Gasteiger partial charge in [0.25, 0.3) is 7.82 Å². The summed E-state index contributed by atoms with van der Waals surface area (Å²) in [4.78, 5) is 11.8. The predicted molar refractivity (Wildman–Crippen MR) is 96.2 cm³/mol. The molecule has 0 aromatic heterocycles. The number of phosphoric ester groups is 1. The van der Waals surface area contributed by atoms with Crippen LogP contribution < -0.4 is 43.9 Å². The van der Waals surface area contributed by atoms with E-state index in [0.29, 0.717) is 24.3 Å². The number of benzene rings is 2. The van der Waals surface area contributed by atoms with Crippen molar-refractivity contribution in [3.63, 3.8) is 0 Å². The van der Waals surface area contributed by atoms with E-state index in [1.807, 2.05) is 0 Å². The Labute approximate surface area is 185 Å². The van der Waals surface area contributed by atoms with Crippen molar-refractivity contribution in [2.75, 3.05) is 27.4 Å². The van der Waals surface area contributed by atoms with E-state index in [9.17, 15) is 19.7 Å². The number of phenolic OH excluding ortho intramolecular Hbond substituents is 2. The van der Waals surface area contributed by atoms with Crippen molar-refractivity contribution in [2.24, 2.45) is 0 Å². The molecule has 0 spiro atoms. The number of methoxy groups -OCH3 is 2. The Morgan fingerprint density at radius 1 is 0.857 bits per heavy atom. The van der Waals surface area contributed by atoms with Gasteiger partial charge in [-0.3, -0.25) is 4.57 Å². The van der Waals surface area contributed by atoms with Gasteiger partial charge in [0.2, 0.25) is 0 Å². The zero-order chi connectivity index (χ0) is 19.9. The summed E-state index contributed by atoms with van der Waals surface area (Å²) in [5, 5.41) is 19.1. The topological polar surface area (TPSA) is 118 Å². The first-order valence-electron chi connectivity index (χ1n) is 8.16. The molecule has 28 heavy (non-hydrogen) atoms. The summed E-state index contributed by atoms with van der Waals surface area (Å²) >= 11 is 0. The monoisotopic (exact) mass is 420 g/mol. The van der Waals surface area contributed by atoms with Gasteiger partial charge in [0.1, 0.15) is 0 Å². The summed E-state index contributed by atoms with van der Waals surface area (Å²) in [7, 11) is -1.58. The minimum absolute atomic E-state index is 0. The molecule has 148 valence electrons. The third-order valence-corrected chi connectivity index (χ3v) is 4.77. The summed E-state index contributed by atoms with van der Waals surface area (Å²) in [5.74, 6) is 0.619. The maximum Gasteiger partial charge on any atom is 1.00 e. The van der Waals surface area contributed by atoms with Gasteiger partial charge in [0.15, 0.2) is 23.0 Å². The Kier molecular flexibility index (Phi) is 10.3. The molecule has 0 unspecified atom stereocenters. The van der Waals surface area contributed by atoms with E-state index >= 15 is 0 Å². The smallest absolute Gasteiger partial charge is 0.756 e. The van der Waals surface area contributed by atoms with E-state index < -0.39 is 7.82 Å². The minimum atomic E-state index is -4.43. The second-order valence-corrected chi connectivity index (χ2v) is 7.04. The molecule has 0 heterocycles. The molecule has 8 nitrogen and oxygen atoms in total. The zero-order valence-electron chi connectivity index (χ0n) is 16.1. The molecule has 0 atom stereocenters. The van der Waals surface area contributed by atoms with Crippen molar-refractivity contribution in [3.05, 3.63) is 47.5 Å². The normalized spacial score (nSPS) is 11.0. The molecule has 0 saturated heterocycles. The van der Waals surface area contributed by atoms with E-state index in [4.69, 9.17) is 18.5 Å². The molecule has 0 bridgehead atoms. The molecule has 2 N–H and O–H groups in total. The van der Waals surface area contributed by atoms with Crippen LogP contribution in [-0.2, 0) is 26.5 Å². The van der Waals surface area contributed by atoms with Crippen LogP contribution in [0.2, 0.25) is 0 Å². The molecular weight excluding hydrogens is 398 g/mol. The standard InChI is InChI=1S/C18H23O8P.Na/c1-23-17-11-13(3-5-15(17)19)7-9-25-27(21,22)26-10-8-14-4-6-16(20)18(12-14)24-2;/h3-6,11-12,19-20H,7-10H2,1-2H3,(H,21,22);/q;+1/p-1. The van der Waals surface area contributed by atoms with Gasteiger partial charge in [0.05, 0.1) is 27.4 Å². The van der Waals surface area contributed by atoms with Gasteiger partial charge in [0, 0.05) is 0 Å². The van der Waals surface area contributed by atoms with Crippen molar-refractivity contribution < 1.29 is 67.8 Å². The Morgan fingerprint density at radius 2 is 1.25 bits per heavy atom. The van der Waals surface area contributed by atoms with Crippen molar-refractivity contribution in [1.29, 1.82) is 0 Å². The quantitative estimate of drug-likeness (QED) is 0.387. The number of phosphoric acid groups is 1. The Bertz CT molecular complexity index is 751. The van der Waals surface area contributed by atoms with E-state index in [-0.39, 0.29) is 54.3 Å². The van der Waals surface area contributed by atoms with Crippen LogP contribution in [0.5, 0.6) is 23.0 Å². The average molecular weight is 420 g/mol. The van der Waals surface area contributed by atoms with Crippen LogP contribution in [0.25, 0.3) is 0 Å². The maximum absolute atomic E-state index is 11.8. The number of hydrogen-bond acceptors (Lipinski definition) is 8. The molecule has 0 amide bonds. The molecule has 0 aliphatic heterocycles. The predicted octanol–water partition coefficient (Wildman–Crippen LogP) is -0.594. The van der Waals surface area contributed by atoms with Gasteiger partial charge in [-0.25, -0.2) is 0 Å². The molecule has 2 aromatic rings.